The summed E-state index contributed by atoms with van der Waals surface area (Å²) >= 11 is 0. The van der Waals surface area contributed by atoms with E-state index in [0.29, 0.717) is 0 Å². The summed E-state index contributed by atoms with van der Waals surface area (Å²) in [5, 5.41) is 0. The second-order valence-corrected chi connectivity index (χ2v) is 5.62. The fourth-order valence-corrected chi connectivity index (χ4v) is 1.88. The van der Waals surface area contributed by atoms with Gasteiger partial charge in [0, 0.05) is 0 Å². The van der Waals surface area contributed by atoms with Crippen LogP contribution in [0, 0.1) is 6.08 Å². The molecular formula is C29H29. The van der Waals surface area contributed by atoms with E-state index in [1.807, 2.05) is 158 Å². The standard InChI is InChI=1S/C29H29/c1-2-4-6-8-10-12-14-16-18-20-22-24-26-28-29-27-25-23-21-19-17-15-13-11-9-7-5-3-1/h1-27H,28H2/b2-1+,5-3-,6-4-,9-7-,10-8-,13-11-,14-12-,17-15-,18-16-,21-19-,22-20-,25-23-,26-24-,29-27?. The molecule has 0 amide bonds. The Morgan fingerprint density at radius 2 is 0.517 bits per heavy atom. The molecule has 1 radical (unpaired) electrons. The Morgan fingerprint density at radius 1 is 0.276 bits per heavy atom. The number of rotatable bonds is 0. The number of hydrogen-bond acceptors (Lipinski definition) is 0. The van der Waals surface area contributed by atoms with E-state index in [1.54, 1.807) is 0 Å². The average molecular weight is 378 g/mol. The van der Waals surface area contributed by atoms with E-state index in [4.69, 9.17) is 0 Å². The Bertz CT molecular complexity index is 747. The maximum Gasteiger partial charge on any atom is -0.00915 e. The summed E-state index contributed by atoms with van der Waals surface area (Å²) < 4.78 is 0. The molecule has 0 aliphatic heterocycles. The van der Waals surface area contributed by atoms with Crippen LogP contribution in [0.4, 0.5) is 0 Å². The molecule has 0 N–H and O–H groups in total. The molecule has 0 fully saturated rings. The van der Waals surface area contributed by atoms with Gasteiger partial charge in [-0.15, -0.1) is 0 Å². The molecule has 29 heavy (non-hydrogen) atoms. The van der Waals surface area contributed by atoms with E-state index in [-0.39, 0.29) is 0 Å². The van der Waals surface area contributed by atoms with Gasteiger partial charge in [-0.25, -0.2) is 0 Å². The van der Waals surface area contributed by atoms with Crippen molar-refractivity contribution in [2.45, 2.75) is 6.42 Å². The molecule has 0 heteroatoms. The first-order chi connectivity index (χ1) is 14.5. The quantitative estimate of drug-likeness (QED) is 0.401. The Labute approximate surface area is 176 Å². The van der Waals surface area contributed by atoms with Gasteiger partial charge >= 0.3 is 0 Å². The molecule has 0 aromatic carbocycles. The largest absolute Gasteiger partial charge is 0.0801 e. The summed E-state index contributed by atoms with van der Waals surface area (Å²) in [7, 11) is 0. The van der Waals surface area contributed by atoms with Crippen LogP contribution < -0.4 is 0 Å². The lowest BCUT2D eigenvalue weighted by Crippen LogP contribution is -1.59. The van der Waals surface area contributed by atoms with Crippen LogP contribution in [-0.4, -0.2) is 0 Å². The van der Waals surface area contributed by atoms with E-state index in [1.165, 1.54) is 0 Å². The predicted octanol–water partition coefficient (Wildman–Crippen LogP) is 7.98. The molecule has 0 nitrogen and oxygen atoms in total. The van der Waals surface area contributed by atoms with E-state index in [9.17, 15) is 0 Å². The molecule has 0 bridgehead atoms. The normalized spacial score (nSPS) is 31.7. The smallest absolute Gasteiger partial charge is 0.00915 e. The van der Waals surface area contributed by atoms with Gasteiger partial charge in [0.1, 0.15) is 0 Å². The summed E-state index contributed by atoms with van der Waals surface area (Å²) in [6.45, 7) is 0. The molecule has 0 saturated heterocycles. The van der Waals surface area contributed by atoms with Gasteiger partial charge in [0.25, 0.3) is 0 Å². The molecule has 0 aromatic heterocycles. The molecule has 1 aliphatic carbocycles. The van der Waals surface area contributed by atoms with Crippen molar-refractivity contribution in [3.63, 3.8) is 0 Å². The van der Waals surface area contributed by atoms with Crippen LogP contribution in [-0.2, 0) is 0 Å². The minimum absolute atomic E-state index is 0.795. The fourth-order valence-electron chi connectivity index (χ4n) is 1.88. The first-order valence-corrected chi connectivity index (χ1v) is 9.72. The maximum absolute atomic E-state index is 3.21. The Morgan fingerprint density at radius 3 is 0.828 bits per heavy atom. The molecule has 1 rings (SSSR count). The molecule has 0 spiro atoms. The van der Waals surface area contributed by atoms with Crippen molar-refractivity contribution in [2.24, 2.45) is 0 Å². The van der Waals surface area contributed by atoms with Gasteiger partial charge in [0.05, 0.1) is 0 Å². The van der Waals surface area contributed by atoms with Crippen molar-refractivity contribution in [1.82, 2.24) is 0 Å². The fraction of sp³-hybridized carbons (Fsp3) is 0.0345. The van der Waals surface area contributed by atoms with Gasteiger partial charge in [-0.3, -0.25) is 0 Å². The highest BCUT2D eigenvalue weighted by Crippen LogP contribution is 1.90. The molecule has 0 saturated carbocycles. The van der Waals surface area contributed by atoms with Crippen molar-refractivity contribution in [3.05, 3.63) is 170 Å². The van der Waals surface area contributed by atoms with Crippen LogP contribution in [0.3, 0.4) is 0 Å². The van der Waals surface area contributed by atoms with Gasteiger partial charge < -0.3 is 0 Å². The zero-order valence-electron chi connectivity index (χ0n) is 16.8. The monoisotopic (exact) mass is 377 g/mol. The van der Waals surface area contributed by atoms with Crippen molar-refractivity contribution >= 4 is 0 Å². The predicted molar refractivity (Wildman–Crippen MR) is 131 cm³/mol. The molecule has 0 unspecified atom stereocenters. The minimum Gasteiger partial charge on any atom is -0.0801 e. The molecule has 0 atom stereocenters. The SMILES string of the molecule is [C]1=C/C=C\C=C/C=C\C=C/C=C\C=C/C=C/C=C\C=C/C=C\C=C/C=C\C=C/C\1. The van der Waals surface area contributed by atoms with Crippen LogP contribution in [0.1, 0.15) is 6.42 Å². The Balaban J connectivity index is 2.64. The molecule has 0 aromatic rings. The summed E-state index contributed by atoms with van der Waals surface area (Å²) in [6.07, 6.45) is 58.0. The van der Waals surface area contributed by atoms with Crippen LogP contribution in [0.15, 0.2) is 164 Å². The Kier molecular flexibility index (Phi) is 16.7. The van der Waals surface area contributed by atoms with E-state index >= 15 is 0 Å². The molecular weight excluding hydrogens is 348 g/mol. The van der Waals surface area contributed by atoms with Crippen LogP contribution >= 0.6 is 0 Å². The molecule has 1 aliphatic rings. The van der Waals surface area contributed by atoms with Gasteiger partial charge in [-0.2, -0.15) is 0 Å². The number of allylic oxidation sites excluding steroid dienone is 28. The van der Waals surface area contributed by atoms with Crippen molar-refractivity contribution < 1.29 is 0 Å². The van der Waals surface area contributed by atoms with E-state index in [2.05, 4.69) is 12.2 Å². The second-order valence-electron chi connectivity index (χ2n) is 5.62. The minimum atomic E-state index is 0.795. The number of hydrogen-bond donors (Lipinski definition) is 0. The topological polar surface area (TPSA) is 0 Å². The lowest BCUT2D eigenvalue weighted by Gasteiger charge is -1.78. The third-order valence-electron chi connectivity index (χ3n) is 3.25. The summed E-state index contributed by atoms with van der Waals surface area (Å²) in [6, 6.07) is 0. The van der Waals surface area contributed by atoms with Gasteiger partial charge in [-0.1, -0.05) is 164 Å². The molecule has 0 heterocycles. The lowest BCUT2D eigenvalue weighted by atomic mass is 10.3. The van der Waals surface area contributed by atoms with E-state index < -0.39 is 0 Å². The maximum atomic E-state index is 3.21. The van der Waals surface area contributed by atoms with Gasteiger partial charge in [0.2, 0.25) is 0 Å². The Hall–Kier alpha value is -3.64. The third-order valence-corrected chi connectivity index (χ3v) is 3.25. The van der Waals surface area contributed by atoms with Crippen molar-refractivity contribution in [2.75, 3.05) is 0 Å². The summed E-state index contributed by atoms with van der Waals surface area (Å²) in [5.41, 5.74) is 0. The highest BCUT2D eigenvalue weighted by Gasteiger charge is 1.70. The lowest BCUT2D eigenvalue weighted by molar-refractivity contribution is 1.34. The van der Waals surface area contributed by atoms with E-state index in [0.717, 1.165) is 6.42 Å². The summed E-state index contributed by atoms with van der Waals surface area (Å²) in [4.78, 5) is 0. The second kappa shape index (κ2) is 20.7. The van der Waals surface area contributed by atoms with Crippen LogP contribution in [0.2, 0.25) is 0 Å². The molecule has 145 valence electrons. The zero-order valence-corrected chi connectivity index (χ0v) is 16.8. The first-order valence-electron chi connectivity index (χ1n) is 9.72. The highest BCUT2D eigenvalue weighted by atomic mass is 13.8. The third kappa shape index (κ3) is 18.9. The van der Waals surface area contributed by atoms with Crippen LogP contribution in [0.5, 0.6) is 0 Å². The highest BCUT2D eigenvalue weighted by molar-refractivity contribution is 5.23. The zero-order chi connectivity index (χ0) is 20.5. The van der Waals surface area contributed by atoms with Crippen LogP contribution in [0.25, 0.3) is 0 Å². The first kappa shape index (κ1) is 23.4. The van der Waals surface area contributed by atoms with Gasteiger partial charge in [0.15, 0.2) is 0 Å². The van der Waals surface area contributed by atoms with Crippen molar-refractivity contribution in [3.8, 4) is 0 Å². The average Bonchev–Trinajstić information content (AvgIpc) is 2.73. The summed E-state index contributed by atoms with van der Waals surface area (Å²) in [5.74, 6) is 0. The van der Waals surface area contributed by atoms with Crippen molar-refractivity contribution in [1.29, 1.82) is 0 Å². The van der Waals surface area contributed by atoms with Gasteiger partial charge in [-0.05, 0) is 12.5 Å².